The van der Waals surface area contributed by atoms with Gasteiger partial charge in [0.2, 0.25) is 15.8 Å². The van der Waals surface area contributed by atoms with Crippen molar-refractivity contribution in [3.8, 4) is 0 Å². The van der Waals surface area contributed by atoms with Crippen molar-refractivity contribution in [1.29, 1.82) is 0 Å². The number of quaternary nitrogens is 1. The number of tetrazole rings is 1. The van der Waals surface area contributed by atoms with Crippen LogP contribution in [0.3, 0.4) is 0 Å². The lowest BCUT2D eigenvalue weighted by Gasteiger charge is -2.31. The highest BCUT2D eigenvalue weighted by Gasteiger charge is 2.32. The summed E-state index contributed by atoms with van der Waals surface area (Å²) in [6.45, 7) is 5.44. The van der Waals surface area contributed by atoms with Crippen LogP contribution >= 0.6 is 0 Å². The van der Waals surface area contributed by atoms with Crippen LogP contribution < -0.4 is 4.90 Å². The number of aryl methyl sites for hydroxylation is 1. The van der Waals surface area contributed by atoms with Crippen molar-refractivity contribution in [3.05, 3.63) is 35.9 Å². The van der Waals surface area contributed by atoms with Crippen molar-refractivity contribution in [2.75, 3.05) is 26.2 Å². The maximum absolute atomic E-state index is 13.8. The maximum Gasteiger partial charge on any atom is 0.246 e. The lowest BCUT2D eigenvalue weighted by atomic mass is 10.3. The first kappa shape index (κ1) is 17.9. The average molecular weight is 369 g/mol. The van der Waals surface area contributed by atoms with Gasteiger partial charge in [0.15, 0.2) is 0 Å². The minimum absolute atomic E-state index is 0.259. The Kier molecular flexibility index (Phi) is 5.40. The standard InChI is InChI=1S/C15H21FN6O2S/c1-2-7-22-15(17-18-19-22)12-20-8-10-21(11-9-20)25(23,24)14-6-4-3-5-13(14)16/h3-6H,2,7-12H2,1H3/p+1. The molecular weight excluding hydrogens is 347 g/mol. The number of rotatable bonds is 6. The Morgan fingerprint density at radius 2 is 1.96 bits per heavy atom. The Morgan fingerprint density at radius 1 is 1.24 bits per heavy atom. The zero-order chi connectivity index (χ0) is 17.9. The van der Waals surface area contributed by atoms with Gasteiger partial charge in [-0.2, -0.15) is 4.31 Å². The second kappa shape index (κ2) is 7.54. The van der Waals surface area contributed by atoms with E-state index in [0.29, 0.717) is 32.7 Å². The molecule has 0 spiro atoms. The molecule has 0 aliphatic carbocycles. The average Bonchev–Trinajstić information content (AvgIpc) is 3.03. The molecule has 1 N–H and O–H groups in total. The summed E-state index contributed by atoms with van der Waals surface area (Å²) in [7, 11) is -3.80. The van der Waals surface area contributed by atoms with Gasteiger partial charge in [0.05, 0.1) is 26.2 Å². The maximum atomic E-state index is 13.8. The van der Waals surface area contributed by atoms with Crippen LogP contribution in [0.2, 0.25) is 0 Å². The van der Waals surface area contributed by atoms with Gasteiger partial charge in [-0.3, -0.25) is 0 Å². The predicted octanol–water partition coefficient (Wildman–Crippen LogP) is -0.688. The largest absolute Gasteiger partial charge is 0.326 e. The molecule has 1 fully saturated rings. The van der Waals surface area contributed by atoms with E-state index in [1.54, 1.807) is 4.68 Å². The number of hydrogen-bond acceptors (Lipinski definition) is 5. The first-order valence-corrected chi connectivity index (χ1v) is 9.79. The fraction of sp³-hybridized carbons (Fsp3) is 0.533. The van der Waals surface area contributed by atoms with Gasteiger partial charge in [-0.1, -0.05) is 19.1 Å². The third kappa shape index (κ3) is 3.86. The number of piperazine rings is 1. The van der Waals surface area contributed by atoms with E-state index >= 15 is 0 Å². The third-order valence-electron chi connectivity index (χ3n) is 4.33. The number of nitrogens with zero attached hydrogens (tertiary/aromatic N) is 5. The number of benzene rings is 1. The van der Waals surface area contributed by atoms with E-state index in [2.05, 4.69) is 22.4 Å². The summed E-state index contributed by atoms with van der Waals surface area (Å²) in [5, 5.41) is 11.7. The minimum Gasteiger partial charge on any atom is -0.326 e. The number of sulfonamides is 1. The van der Waals surface area contributed by atoms with Gasteiger partial charge in [-0.05, 0) is 29.0 Å². The van der Waals surface area contributed by atoms with E-state index in [9.17, 15) is 12.8 Å². The molecule has 3 rings (SSSR count). The quantitative estimate of drug-likeness (QED) is 0.729. The monoisotopic (exact) mass is 369 g/mol. The molecule has 0 radical (unpaired) electrons. The van der Waals surface area contributed by atoms with Crippen molar-refractivity contribution < 1.29 is 17.7 Å². The van der Waals surface area contributed by atoms with Crippen LogP contribution in [0.15, 0.2) is 29.2 Å². The highest BCUT2D eigenvalue weighted by Crippen LogP contribution is 2.18. The lowest BCUT2D eigenvalue weighted by Crippen LogP contribution is -3.13. The topological polar surface area (TPSA) is 85.4 Å². The molecule has 0 amide bonds. The fourth-order valence-electron chi connectivity index (χ4n) is 2.97. The van der Waals surface area contributed by atoms with Crippen LogP contribution in [0, 0.1) is 5.82 Å². The first-order chi connectivity index (χ1) is 12.0. The SMILES string of the molecule is CCCn1nnnc1C[NH+]1CCN(S(=O)(=O)c2ccccc2F)CC1. The fourth-order valence-corrected chi connectivity index (χ4v) is 4.48. The number of halogens is 1. The molecule has 1 saturated heterocycles. The zero-order valence-corrected chi connectivity index (χ0v) is 14.9. The normalized spacial score (nSPS) is 17.0. The summed E-state index contributed by atoms with van der Waals surface area (Å²) in [6.07, 6.45) is 0.946. The smallest absolute Gasteiger partial charge is 0.246 e. The van der Waals surface area contributed by atoms with E-state index in [4.69, 9.17) is 0 Å². The van der Waals surface area contributed by atoms with Crippen LogP contribution in [0.4, 0.5) is 4.39 Å². The molecule has 2 heterocycles. The highest BCUT2D eigenvalue weighted by atomic mass is 32.2. The van der Waals surface area contributed by atoms with E-state index in [1.807, 2.05) is 0 Å². The molecule has 0 saturated carbocycles. The van der Waals surface area contributed by atoms with Gasteiger partial charge in [-0.25, -0.2) is 17.5 Å². The Bertz CT molecular complexity index is 817. The first-order valence-electron chi connectivity index (χ1n) is 8.35. The summed E-state index contributed by atoms with van der Waals surface area (Å²) < 4.78 is 42.2. The number of aromatic nitrogens is 4. The van der Waals surface area contributed by atoms with Gasteiger partial charge < -0.3 is 4.90 Å². The molecule has 1 aliphatic heterocycles. The summed E-state index contributed by atoms with van der Waals surface area (Å²) in [5.74, 6) is 0.0956. The van der Waals surface area contributed by atoms with Gasteiger partial charge in [0, 0.05) is 6.54 Å². The van der Waals surface area contributed by atoms with Gasteiger partial charge in [0.25, 0.3) is 0 Å². The van der Waals surface area contributed by atoms with E-state index < -0.39 is 15.8 Å². The van der Waals surface area contributed by atoms with Crippen LogP contribution in [0.25, 0.3) is 0 Å². The predicted molar refractivity (Wildman–Crippen MR) is 87.7 cm³/mol. The summed E-state index contributed by atoms with van der Waals surface area (Å²) in [5.41, 5.74) is 0. The number of hydrogen-bond donors (Lipinski definition) is 1. The third-order valence-corrected chi connectivity index (χ3v) is 6.27. The Hall–Kier alpha value is -1.91. The Balaban J connectivity index is 1.64. The van der Waals surface area contributed by atoms with Crippen molar-refractivity contribution in [2.45, 2.75) is 31.3 Å². The van der Waals surface area contributed by atoms with E-state index in [0.717, 1.165) is 18.8 Å². The molecule has 8 nitrogen and oxygen atoms in total. The van der Waals surface area contributed by atoms with Gasteiger partial charge in [0.1, 0.15) is 17.3 Å². The lowest BCUT2D eigenvalue weighted by molar-refractivity contribution is -0.918. The number of nitrogens with one attached hydrogen (secondary N) is 1. The van der Waals surface area contributed by atoms with Crippen molar-refractivity contribution in [3.63, 3.8) is 0 Å². The molecule has 0 unspecified atom stereocenters. The minimum atomic E-state index is -3.80. The van der Waals surface area contributed by atoms with Crippen LogP contribution in [0.1, 0.15) is 19.2 Å². The summed E-state index contributed by atoms with van der Waals surface area (Å²) in [4.78, 5) is 0.956. The zero-order valence-electron chi connectivity index (χ0n) is 14.1. The van der Waals surface area contributed by atoms with Crippen LogP contribution in [-0.4, -0.2) is 59.1 Å². The second-order valence-electron chi connectivity index (χ2n) is 6.08. The Morgan fingerprint density at radius 3 is 2.64 bits per heavy atom. The second-order valence-corrected chi connectivity index (χ2v) is 7.99. The summed E-state index contributed by atoms with van der Waals surface area (Å²) in [6, 6.07) is 5.49. The molecule has 1 aromatic heterocycles. The van der Waals surface area contributed by atoms with E-state index in [1.165, 1.54) is 33.5 Å². The molecule has 0 atom stereocenters. The molecule has 1 aliphatic rings. The highest BCUT2D eigenvalue weighted by molar-refractivity contribution is 7.89. The molecule has 136 valence electrons. The van der Waals surface area contributed by atoms with Crippen LogP contribution in [-0.2, 0) is 23.1 Å². The van der Waals surface area contributed by atoms with Crippen molar-refractivity contribution in [2.24, 2.45) is 0 Å². The molecule has 10 heteroatoms. The molecular formula is C15H22FN6O2S+. The van der Waals surface area contributed by atoms with Gasteiger partial charge in [-0.15, -0.1) is 5.10 Å². The molecule has 25 heavy (non-hydrogen) atoms. The Labute approximate surface area is 146 Å². The van der Waals surface area contributed by atoms with Crippen molar-refractivity contribution >= 4 is 10.0 Å². The van der Waals surface area contributed by atoms with Crippen LogP contribution in [0.5, 0.6) is 0 Å². The van der Waals surface area contributed by atoms with E-state index in [-0.39, 0.29) is 4.90 Å². The molecule has 0 bridgehead atoms. The molecule has 1 aromatic carbocycles. The van der Waals surface area contributed by atoms with Gasteiger partial charge >= 0.3 is 0 Å². The summed E-state index contributed by atoms with van der Waals surface area (Å²) >= 11 is 0. The molecule has 2 aromatic rings. The van der Waals surface area contributed by atoms with Crippen molar-refractivity contribution in [1.82, 2.24) is 24.5 Å².